The molecule has 0 N–H and O–H groups in total. The summed E-state index contributed by atoms with van der Waals surface area (Å²) in [5.41, 5.74) is 0.106. The lowest BCUT2D eigenvalue weighted by molar-refractivity contribution is -0.384. The quantitative estimate of drug-likeness (QED) is 0.604. The summed E-state index contributed by atoms with van der Waals surface area (Å²) in [5, 5.41) is 10.7. The second-order valence-electron chi connectivity index (χ2n) is 6.23. The fraction of sp³-hybridized carbons (Fsp3) is 0.625. The van der Waals surface area contributed by atoms with Crippen LogP contribution >= 0.6 is 0 Å². The van der Waals surface area contributed by atoms with Crippen molar-refractivity contribution in [1.82, 2.24) is 0 Å². The summed E-state index contributed by atoms with van der Waals surface area (Å²) in [7, 11) is 0. The highest BCUT2D eigenvalue weighted by atomic mass is 16.6. The van der Waals surface area contributed by atoms with Crippen LogP contribution in [0.15, 0.2) is 24.3 Å². The van der Waals surface area contributed by atoms with Crippen molar-refractivity contribution in [3.8, 4) is 5.75 Å². The number of nitrogens with zero attached hydrogens (tertiary/aromatic N) is 1. The van der Waals surface area contributed by atoms with Crippen LogP contribution in [0.1, 0.15) is 40.0 Å². The van der Waals surface area contributed by atoms with E-state index in [9.17, 15) is 10.1 Å². The highest BCUT2D eigenvalue weighted by Gasteiger charge is 2.32. The largest absolute Gasteiger partial charge is 0.490 e. The standard InChI is InChI=1S/C16H23NO3/c1-11(2)15-9-4-12(3)10-16(15)20-14-7-5-13(6-8-14)17(18)19/h5-8,11-12,15-16H,4,9-10H2,1-3H3/t12-,15+,16?/m1/s1. The molecule has 20 heavy (non-hydrogen) atoms. The topological polar surface area (TPSA) is 52.4 Å². The van der Waals surface area contributed by atoms with Gasteiger partial charge in [0.2, 0.25) is 0 Å². The number of benzene rings is 1. The molecule has 0 bridgehead atoms. The summed E-state index contributed by atoms with van der Waals surface area (Å²) in [4.78, 5) is 10.3. The number of nitro benzene ring substituents is 1. The SMILES string of the molecule is CC(C)[C@@H]1CC[C@@H](C)CC1Oc1ccc([N+](=O)[O-])cc1. The van der Waals surface area contributed by atoms with Gasteiger partial charge in [0.25, 0.3) is 5.69 Å². The molecule has 1 unspecified atom stereocenters. The molecule has 1 saturated carbocycles. The molecule has 1 aromatic rings. The Morgan fingerprint density at radius 3 is 2.45 bits per heavy atom. The average molecular weight is 277 g/mol. The van der Waals surface area contributed by atoms with Crippen LogP contribution in [0.25, 0.3) is 0 Å². The fourth-order valence-electron chi connectivity index (χ4n) is 3.07. The number of non-ortho nitro benzene ring substituents is 1. The Hall–Kier alpha value is -1.58. The van der Waals surface area contributed by atoms with E-state index in [1.807, 2.05) is 0 Å². The Morgan fingerprint density at radius 1 is 1.25 bits per heavy atom. The van der Waals surface area contributed by atoms with Crippen LogP contribution in [-0.4, -0.2) is 11.0 Å². The van der Waals surface area contributed by atoms with Crippen molar-refractivity contribution in [2.45, 2.75) is 46.1 Å². The second-order valence-corrected chi connectivity index (χ2v) is 6.23. The lowest BCUT2D eigenvalue weighted by Crippen LogP contribution is -2.36. The molecule has 0 amide bonds. The first-order valence-corrected chi connectivity index (χ1v) is 7.38. The summed E-state index contributed by atoms with van der Waals surface area (Å²) in [5.74, 6) is 2.60. The molecule has 4 nitrogen and oxygen atoms in total. The van der Waals surface area contributed by atoms with Crippen molar-refractivity contribution < 1.29 is 9.66 Å². The van der Waals surface area contributed by atoms with Crippen molar-refractivity contribution in [2.75, 3.05) is 0 Å². The van der Waals surface area contributed by atoms with E-state index in [2.05, 4.69) is 20.8 Å². The molecule has 3 atom stereocenters. The highest BCUT2D eigenvalue weighted by molar-refractivity contribution is 5.36. The minimum atomic E-state index is -0.386. The van der Waals surface area contributed by atoms with Crippen LogP contribution in [0.2, 0.25) is 0 Å². The van der Waals surface area contributed by atoms with E-state index in [-0.39, 0.29) is 16.7 Å². The van der Waals surface area contributed by atoms with Gasteiger partial charge < -0.3 is 4.74 Å². The molecule has 1 aliphatic rings. The fourth-order valence-corrected chi connectivity index (χ4v) is 3.07. The Bertz CT molecular complexity index is 455. The zero-order chi connectivity index (χ0) is 14.7. The maximum atomic E-state index is 10.7. The van der Waals surface area contributed by atoms with Crippen molar-refractivity contribution in [3.05, 3.63) is 34.4 Å². The van der Waals surface area contributed by atoms with Crippen LogP contribution in [0.5, 0.6) is 5.75 Å². The van der Waals surface area contributed by atoms with E-state index >= 15 is 0 Å². The summed E-state index contributed by atoms with van der Waals surface area (Å²) >= 11 is 0. The van der Waals surface area contributed by atoms with Gasteiger partial charge in [0.15, 0.2) is 0 Å². The zero-order valence-corrected chi connectivity index (χ0v) is 12.4. The molecule has 4 heteroatoms. The van der Waals surface area contributed by atoms with Gasteiger partial charge in [-0.3, -0.25) is 10.1 Å². The molecule has 0 heterocycles. The number of ether oxygens (including phenoxy) is 1. The number of hydrogen-bond donors (Lipinski definition) is 0. The molecule has 0 radical (unpaired) electrons. The molecule has 0 aliphatic heterocycles. The van der Waals surface area contributed by atoms with E-state index in [0.29, 0.717) is 17.8 Å². The Kier molecular flexibility index (Phi) is 4.63. The lowest BCUT2D eigenvalue weighted by atomic mass is 9.75. The molecular formula is C16H23NO3. The summed E-state index contributed by atoms with van der Waals surface area (Å²) in [6.45, 7) is 6.75. The van der Waals surface area contributed by atoms with Crippen molar-refractivity contribution >= 4 is 5.69 Å². The maximum absolute atomic E-state index is 10.7. The molecule has 0 saturated heterocycles. The molecular weight excluding hydrogens is 254 g/mol. The first-order valence-electron chi connectivity index (χ1n) is 7.38. The first-order chi connectivity index (χ1) is 9.47. The normalized spacial score (nSPS) is 26.5. The Labute approximate surface area is 120 Å². The molecule has 2 rings (SSSR count). The number of hydrogen-bond acceptors (Lipinski definition) is 3. The van der Waals surface area contributed by atoms with Gasteiger partial charge in [-0.15, -0.1) is 0 Å². The predicted molar refractivity (Wildman–Crippen MR) is 78.9 cm³/mol. The third-order valence-corrected chi connectivity index (χ3v) is 4.30. The van der Waals surface area contributed by atoms with Gasteiger partial charge in [0.1, 0.15) is 11.9 Å². The van der Waals surface area contributed by atoms with Gasteiger partial charge >= 0.3 is 0 Å². The van der Waals surface area contributed by atoms with Crippen LogP contribution in [0.4, 0.5) is 5.69 Å². The lowest BCUT2D eigenvalue weighted by Gasteiger charge is -2.37. The van der Waals surface area contributed by atoms with Gasteiger partial charge in [-0.05, 0) is 42.7 Å². The van der Waals surface area contributed by atoms with E-state index in [0.717, 1.165) is 12.2 Å². The molecule has 0 aromatic heterocycles. The van der Waals surface area contributed by atoms with E-state index in [4.69, 9.17) is 4.74 Å². The van der Waals surface area contributed by atoms with Gasteiger partial charge in [0, 0.05) is 12.1 Å². The summed E-state index contributed by atoms with van der Waals surface area (Å²) in [6.07, 6.45) is 3.76. The maximum Gasteiger partial charge on any atom is 0.269 e. The van der Waals surface area contributed by atoms with Gasteiger partial charge in [-0.1, -0.05) is 27.2 Å². The summed E-state index contributed by atoms with van der Waals surface area (Å²) in [6, 6.07) is 6.42. The van der Waals surface area contributed by atoms with Crippen LogP contribution in [-0.2, 0) is 0 Å². The first kappa shape index (κ1) is 14.8. The average Bonchev–Trinajstić information content (AvgIpc) is 2.39. The Morgan fingerprint density at radius 2 is 1.90 bits per heavy atom. The third-order valence-electron chi connectivity index (χ3n) is 4.30. The van der Waals surface area contributed by atoms with E-state index in [1.54, 1.807) is 12.1 Å². The van der Waals surface area contributed by atoms with Gasteiger partial charge in [0.05, 0.1) is 4.92 Å². The van der Waals surface area contributed by atoms with E-state index < -0.39 is 0 Å². The molecule has 1 aromatic carbocycles. The highest BCUT2D eigenvalue weighted by Crippen LogP contribution is 2.36. The van der Waals surface area contributed by atoms with Crippen molar-refractivity contribution in [2.24, 2.45) is 17.8 Å². The van der Waals surface area contributed by atoms with Crippen molar-refractivity contribution in [3.63, 3.8) is 0 Å². The van der Waals surface area contributed by atoms with Gasteiger partial charge in [-0.25, -0.2) is 0 Å². The molecule has 110 valence electrons. The molecule has 1 fully saturated rings. The van der Waals surface area contributed by atoms with Crippen molar-refractivity contribution in [1.29, 1.82) is 0 Å². The summed E-state index contributed by atoms with van der Waals surface area (Å²) < 4.78 is 6.11. The van der Waals surface area contributed by atoms with Crippen LogP contribution < -0.4 is 4.74 Å². The van der Waals surface area contributed by atoms with Crippen LogP contribution in [0, 0.1) is 27.9 Å². The minimum absolute atomic E-state index is 0.106. The smallest absolute Gasteiger partial charge is 0.269 e. The van der Waals surface area contributed by atoms with E-state index in [1.165, 1.54) is 25.0 Å². The van der Waals surface area contributed by atoms with Crippen LogP contribution in [0.3, 0.4) is 0 Å². The molecule has 1 aliphatic carbocycles. The minimum Gasteiger partial charge on any atom is -0.490 e. The number of rotatable bonds is 4. The third kappa shape index (κ3) is 3.50. The Balaban J connectivity index is 2.07. The monoisotopic (exact) mass is 277 g/mol. The zero-order valence-electron chi connectivity index (χ0n) is 12.4. The van der Waals surface area contributed by atoms with Gasteiger partial charge in [-0.2, -0.15) is 0 Å². The predicted octanol–water partition coefficient (Wildman–Crippen LogP) is 4.43. The molecule has 0 spiro atoms. The second kappa shape index (κ2) is 6.25. The number of nitro groups is 1.